The van der Waals surface area contributed by atoms with E-state index in [2.05, 4.69) is 37.7 Å². The zero-order chi connectivity index (χ0) is 13.3. The molecule has 0 aromatic heterocycles. The maximum absolute atomic E-state index is 12.8. The second-order valence-electron chi connectivity index (χ2n) is 6.67. The number of Topliss-reactive ketones (excluding diaryl/α,β-unsaturated/α-hetero) is 1. The molecule has 2 heterocycles. The number of nitrogens with zero attached hydrogens (tertiary/aromatic N) is 2. The summed E-state index contributed by atoms with van der Waals surface area (Å²) in [6.07, 6.45) is 2.13. The second kappa shape index (κ2) is 5.70. The highest BCUT2D eigenvalue weighted by atomic mass is 16.1. The van der Waals surface area contributed by atoms with E-state index in [1.807, 2.05) is 0 Å². The van der Waals surface area contributed by atoms with Gasteiger partial charge in [0.25, 0.3) is 0 Å². The number of piperidine rings is 2. The standard InChI is InChI=1S/C15H28N2O/c1-11-9-16(3)7-5-13(11)15(18)14-6-8-17(4)10-12(14)2/h11-14H,5-10H2,1-4H3. The van der Waals surface area contributed by atoms with Gasteiger partial charge in [0.1, 0.15) is 5.78 Å². The number of hydrogen-bond donors (Lipinski definition) is 0. The SMILES string of the molecule is CC1CN(C)CCC1C(=O)C1CCN(C)CC1C. The third-order valence-electron chi connectivity index (χ3n) is 4.95. The minimum absolute atomic E-state index is 0.317. The Hall–Kier alpha value is -0.410. The Morgan fingerprint density at radius 2 is 1.28 bits per heavy atom. The van der Waals surface area contributed by atoms with Crippen molar-refractivity contribution in [3.05, 3.63) is 0 Å². The van der Waals surface area contributed by atoms with Crippen LogP contribution in [0.15, 0.2) is 0 Å². The monoisotopic (exact) mass is 252 g/mol. The summed E-state index contributed by atoms with van der Waals surface area (Å²) in [5.41, 5.74) is 0. The molecular formula is C15H28N2O. The molecule has 0 spiro atoms. The summed E-state index contributed by atoms with van der Waals surface area (Å²) >= 11 is 0. The van der Waals surface area contributed by atoms with Gasteiger partial charge in [-0.1, -0.05) is 13.8 Å². The Kier molecular flexibility index (Phi) is 4.44. The Balaban J connectivity index is 1.98. The summed E-state index contributed by atoms with van der Waals surface area (Å²) < 4.78 is 0. The van der Waals surface area contributed by atoms with Crippen LogP contribution in [0.1, 0.15) is 26.7 Å². The van der Waals surface area contributed by atoms with E-state index in [0.29, 0.717) is 29.5 Å². The highest BCUT2D eigenvalue weighted by Crippen LogP contribution is 2.32. The van der Waals surface area contributed by atoms with Gasteiger partial charge in [-0.05, 0) is 51.9 Å². The second-order valence-corrected chi connectivity index (χ2v) is 6.67. The first-order chi connectivity index (χ1) is 8.49. The van der Waals surface area contributed by atoms with Crippen LogP contribution < -0.4 is 0 Å². The fourth-order valence-electron chi connectivity index (χ4n) is 3.83. The third-order valence-corrected chi connectivity index (χ3v) is 4.95. The van der Waals surface area contributed by atoms with Crippen molar-refractivity contribution in [2.45, 2.75) is 26.7 Å². The molecule has 2 rings (SSSR count). The van der Waals surface area contributed by atoms with E-state index < -0.39 is 0 Å². The van der Waals surface area contributed by atoms with E-state index in [9.17, 15) is 4.79 Å². The van der Waals surface area contributed by atoms with Crippen molar-refractivity contribution in [3.63, 3.8) is 0 Å². The van der Waals surface area contributed by atoms with Crippen LogP contribution >= 0.6 is 0 Å². The topological polar surface area (TPSA) is 23.6 Å². The van der Waals surface area contributed by atoms with Gasteiger partial charge in [-0.25, -0.2) is 0 Å². The van der Waals surface area contributed by atoms with Gasteiger partial charge in [0.15, 0.2) is 0 Å². The summed E-state index contributed by atoms with van der Waals surface area (Å²) in [6.45, 7) is 8.83. The molecule has 0 aliphatic carbocycles. The van der Waals surface area contributed by atoms with Gasteiger partial charge in [-0.2, -0.15) is 0 Å². The fourth-order valence-corrected chi connectivity index (χ4v) is 3.83. The molecule has 2 fully saturated rings. The lowest BCUT2D eigenvalue weighted by atomic mass is 9.73. The van der Waals surface area contributed by atoms with Gasteiger partial charge in [-0.3, -0.25) is 4.79 Å². The van der Waals surface area contributed by atoms with E-state index in [1.54, 1.807) is 0 Å². The first kappa shape index (κ1) is 14.0. The molecule has 0 bridgehead atoms. The molecule has 0 aromatic carbocycles. The van der Waals surface area contributed by atoms with Crippen LogP contribution in [0.3, 0.4) is 0 Å². The van der Waals surface area contributed by atoms with Crippen LogP contribution in [0, 0.1) is 23.7 Å². The lowest BCUT2D eigenvalue weighted by Gasteiger charge is -2.39. The zero-order valence-electron chi connectivity index (χ0n) is 12.4. The van der Waals surface area contributed by atoms with Crippen LogP contribution in [0.2, 0.25) is 0 Å². The molecule has 104 valence electrons. The van der Waals surface area contributed by atoms with Gasteiger partial charge in [0.05, 0.1) is 0 Å². The number of hydrogen-bond acceptors (Lipinski definition) is 3. The lowest BCUT2D eigenvalue weighted by Crippen LogP contribution is -2.46. The summed E-state index contributed by atoms with van der Waals surface area (Å²) in [5, 5.41) is 0. The average molecular weight is 252 g/mol. The molecule has 3 nitrogen and oxygen atoms in total. The minimum atomic E-state index is 0.317. The molecule has 0 amide bonds. The van der Waals surface area contributed by atoms with Crippen LogP contribution in [-0.2, 0) is 4.79 Å². The van der Waals surface area contributed by atoms with Crippen molar-refractivity contribution in [2.75, 3.05) is 40.3 Å². The molecule has 3 heteroatoms. The molecule has 2 aliphatic heterocycles. The van der Waals surface area contributed by atoms with E-state index in [1.165, 1.54) is 0 Å². The van der Waals surface area contributed by atoms with Crippen molar-refractivity contribution in [2.24, 2.45) is 23.7 Å². The summed E-state index contributed by atoms with van der Waals surface area (Å²) in [6, 6.07) is 0. The van der Waals surface area contributed by atoms with Crippen LogP contribution in [0.5, 0.6) is 0 Å². The van der Waals surface area contributed by atoms with E-state index >= 15 is 0 Å². The molecule has 0 radical (unpaired) electrons. The van der Waals surface area contributed by atoms with Crippen LogP contribution in [0.25, 0.3) is 0 Å². The first-order valence-corrected chi connectivity index (χ1v) is 7.40. The number of rotatable bonds is 2. The van der Waals surface area contributed by atoms with Gasteiger partial charge in [0.2, 0.25) is 0 Å². The zero-order valence-corrected chi connectivity index (χ0v) is 12.4. The highest BCUT2D eigenvalue weighted by Gasteiger charge is 2.37. The Morgan fingerprint density at radius 3 is 1.61 bits per heavy atom. The maximum Gasteiger partial charge on any atom is 0.139 e. The van der Waals surface area contributed by atoms with Crippen LogP contribution in [0.4, 0.5) is 0 Å². The predicted octanol–water partition coefficient (Wildman–Crippen LogP) is 1.73. The Morgan fingerprint density at radius 1 is 0.889 bits per heavy atom. The van der Waals surface area contributed by atoms with Crippen molar-refractivity contribution >= 4 is 5.78 Å². The van der Waals surface area contributed by atoms with E-state index in [0.717, 1.165) is 39.0 Å². The smallest absolute Gasteiger partial charge is 0.139 e. The van der Waals surface area contributed by atoms with E-state index in [-0.39, 0.29) is 0 Å². The van der Waals surface area contributed by atoms with Crippen molar-refractivity contribution in [1.29, 1.82) is 0 Å². The molecular weight excluding hydrogens is 224 g/mol. The molecule has 2 aliphatic rings. The molecule has 2 saturated heterocycles. The minimum Gasteiger partial charge on any atom is -0.306 e. The lowest BCUT2D eigenvalue weighted by molar-refractivity contribution is -0.133. The molecule has 4 atom stereocenters. The number of carbonyl (C=O) groups is 1. The molecule has 0 N–H and O–H groups in total. The van der Waals surface area contributed by atoms with Gasteiger partial charge in [-0.15, -0.1) is 0 Å². The van der Waals surface area contributed by atoms with Crippen molar-refractivity contribution in [1.82, 2.24) is 9.80 Å². The predicted molar refractivity (Wildman–Crippen MR) is 74.5 cm³/mol. The Bertz CT molecular complexity index is 277. The molecule has 0 saturated carbocycles. The Labute approximate surface area is 112 Å². The molecule has 0 aromatic rings. The van der Waals surface area contributed by atoms with E-state index in [4.69, 9.17) is 0 Å². The van der Waals surface area contributed by atoms with Crippen molar-refractivity contribution in [3.8, 4) is 0 Å². The largest absolute Gasteiger partial charge is 0.306 e. The first-order valence-electron chi connectivity index (χ1n) is 7.40. The van der Waals surface area contributed by atoms with Gasteiger partial charge < -0.3 is 9.80 Å². The molecule has 18 heavy (non-hydrogen) atoms. The summed E-state index contributed by atoms with van der Waals surface area (Å²) in [5.74, 6) is 2.26. The molecule has 4 unspecified atom stereocenters. The number of likely N-dealkylation sites (tertiary alicyclic amines) is 2. The summed E-state index contributed by atoms with van der Waals surface area (Å²) in [4.78, 5) is 17.5. The fraction of sp³-hybridized carbons (Fsp3) is 0.933. The average Bonchev–Trinajstić information content (AvgIpc) is 2.28. The quantitative estimate of drug-likeness (QED) is 0.748. The summed E-state index contributed by atoms with van der Waals surface area (Å²) in [7, 11) is 4.32. The number of ketones is 1. The third kappa shape index (κ3) is 2.94. The van der Waals surface area contributed by atoms with Gasteiger partial charge >= 0.3 is 0 Å². The maximum atomic E-state index is 12.8. The normalized spacial score (nSPS) is 39.8. The van der Waals surface area contributed by atoms with Crippen LogP contribution in [-0.4, -0.2) is 55.9 Å². The van der Waals surface area contributed by atoms with Gasteiger partial charge in [0, 0.05) is 24.9 Å². The van der Waals surface area contributed by atoms with Crippen molar-refractivity contribution < 1.29 is 4.79 Å². The number of carbonyl (C=O) groups excluding carboxylic acids is 1. The highest BCUT2D eigenvalue weighted by molar-refractivity contribution is 5.84.